The van der Waals surface area contributed by atoms with Gasteiger partial charge in [0.15, 0.2) is 9.93 Å². The molecule has 64 valence electrons. The summed E-state index contributed by atoms with van der Waals surface area (Å²) in [4.78, 5) is 0. The zero-order valence-corrected chi connectivity index (χ0v) is 7.30. The Balaban J connectivity index is 2.32. The monoisotopic (exact) mass is 198 g/mol. The Hall–Kier alpha value is 0.460. The molecule has 0 aromatic rings. The van der Waals surface area contributed by atoms with Gasteiger partial charge in [-0.25, -0.2) is 0 Å². The van der Waals surface area contributed by atoms with E-state index in [9.17, 15) is 5.11 Å². The van der Waals surface area contributed by atoms with Crippen LogP contribution in [0.3, 0.4) is 0 Å². The van der Waals surface area contributed by atoms with Crippen molar-refractivity contribution in [3.8, 4) is 0 Å². The van der Waals surface area contributed by atoms with Crippen LogP contribution in [0.15, 0.2) is 0 Å². The van der Waals surface area contributed by atoms with Crippen LogP contribution in [0.2, 0.25) is 0 Å². The van der Waals surface area contributed by atoms with E-state index < -0.39 is 28.2 Å². The van der Waals surface area contributed by atoms with Crippen LogP contribution in [0.1, 0.15) is 6.92 Å². The van der Waals surface area contributed by atoms with Crippen molar-refractivity contribution in [1.29, 1.82) is 0 Å². The average Bonchev–Trinajstić information content (AvgIpc) is 2.35. The van der Waals surface area contributed by atoms with Crippen LogP contribution < -0.4 is 0 Å². The van der Waals surface area contributed by atoms with Crippen LogP contribution in [0, 0.1) is 0 Å². The topological polar surface area (TPSA) is 49.7 Å². The van der Waals surface area contributed by atoms with E-state index in [2.05, 4.69) is 0 Å². The van der Waals surface area contributed by atoms with Crippen molar-refractivity contribution in [1.82, 2.24) is 0 Å². The summed E-state index contributed by atoms with van der Waals surface area (Å²) in [7, 11) is 0. The first-order valence-electron chi connectivity index (χ1n) is 3.36. The molecule has 0 bridgehead atoms. The van der Waals surface area contributed by atoms with Crippen molar-refractivity contribution < 1.29 is 14.9 Å². The number of aliphatic hydroxyl groups is 2. The number of halogens is 2. The summed E-state index contributed by atoms with van der Waals surface area (Å²) >= 11 is 11.6. The van der Waals surface area contributed by atoms with Gasteiger partial charge in [0, 0.05) is 0 Å². The van der Waals surface area contributed by atoms with Crippen LogP contribution in [0.5, 0.6) is 0 Å². The van der Waals surface area contributed by atoms with E-state index in [-0.39, 0.29) is 0 Å². The lowest BCUT2D eigenvalue weighted by Crippen LogP contribution is -2.42. The van der Waals surface area contributed by atoms with E-state index in [0.717, 1.165) is 0 Å². The van der Waals surface area contributed by atoms with Crippen molar-refractivity contribution in [3.63, 3.8) is 0 Å². The maximum atomic E-state index is 9.60. The fourth-order valence-electron chi connectivity index (χ4n) is 1.52. The second-order valence-corrected chi connectivity index (χ2v) is 4.48. The Morgan fingerprint density at radius 3 is 2.27 bits per heavy atom. The molecule has 2 fully saturated rings. The van der Waals surface area contributed by atoms with E-state index >= 15 is 0 Å². The van der Waals surface area contributed by atoms with Gasteiger partial charge >= 0.3 is 0 Å². The molecule has 2 rings (SSSR count). The number of ether oxygens (including phenoxy) is 1. The first-order chi connectivity index (χ1) is 4.92. The van der Waals surface area contributed by atoms with Gasteiger partial charge in [0.1, 0.15) is 12.2 Å². The molecule has 1 heterocycles. The zero-order valence-electron chi connectivity index (χ0n) is 5.79. The maximum absolute atomic E-state index is 9.60. The summed E-state index contributed by atoms with van der Waals surface area (Å²) in [6.07, 6.45) is -1.98. The number of hydrogen-bond acceptors (Lipinski definition) is 3. The summed E-state index contributed by atoms with van der Waals surface area (Å²) in [5.41, 5.74) is -1.45. The van der Waals surface area contributed by atoms with E-state index in [1.54, 1.807) is 6.92 Å². The lowest BCUT2D eigenvalue weighted by molar-refractivity contribution is 0.0283. The third-order valence-corrected chi connectivity index (χ3v) is 3.68. The molecule has 0 amide bonds. The van der Waals surface area contributed by atoms with Crippen molar-refractivity contribution in [2.75, 3.05) is 0 Å². The molecule has 0 aromatic heterocycles. The van der Waals surface area contributed by atoms with E-state index in [1.807, 2.05) is 0 Å². The van der Waals surface area contributed by atoms with E-state index in [1.165, 1.54) is 0 Å². The predicted octanol–water partition coefficient (Wildman–Crippen LogP) is 0.0532. The molecular formula is C6H8Cl2O3. The molecule has 0 aromatic carbocycles. The van der Waals surface area contributed by atoms with Crippen molar-refractivity contribution in [2.24, 2.45) is 0 Å². The SMILES string of the molecule is C[C@@H]1O[C@@H]2C(O)[C@]2(O)C1(Cl)Cl. The highest BCUT2D eigenvalue weighted by Gasteiger charge is 2.81. The molecule has 4 atom stereocenters. The molecule has 2 aliphatic rings. The summed E-state index contributed by atoms with van der Waals surface area (Å²) in [6.45, 7) is 1.66. The first kappa shape index (κ1) is 8.08. The minimum absolute atomic E-state index is 0.441. The largest absolute Gasteiger partial charge is 0.387 e. The van der Waals surface area contributed by atoms with Gasteiger partial charge in [-0.1, -0.05) is 23.2 Å². The fraction of sp³-hybridized carbons (Fsp3) is 1.00. The number of alkyl halides is 2. The van der Waals surface area contributed by atoms with Crippen LogP contribution >= 0.6 is 23.2 Å². The van der Waals surface area contributed by atoms with Crippen molar-refractivity contribution in [3.05, 3.63) is 0 Å². The number of fused-ring (bicyclic) bond motifs is 1. The number of rotatable bonds is 0. The normalized spacial score (nSPS) is 59.2. The van der Waals surface area contributed by atoms with E-state index in [0.29, 0.717) is 0 Å². The molecule has 3 nitrogen and oxygen atoms in total. The van der Waals surface area contributed by atoms with Gasteiger partial charge in [-0.2, -0.15) is 0 Å². The second kappa shape index (κ2) is 1.86. The molecular weight excluding hydrogens is 191 g/mol. The second-order valence-electron chi connectivity index (χ2n) is 3.09. The Labute approximate surface area is 73.9 Å². The molecule has 1 saturated heterocycles. The Kier molecular flexibility index (Phi) is 1.36. The van der Waals surface area contributed by atoms with Crippen molar-refractivity contribution in [2.45, 2.75) is 35.2 Å². The minimum Gasteiger partial charge on any atom is -0.387 e. The van der Waals surface area contributed by atoms with Gasteiger partial charge in [0.05, 0.1) is 6.10 Å². The van der Waals surface area contributed by atoms with Gasteiger partial charge in [-0.05, 0) is 6.92 Å². The molecule has 1 saturated carbocycles. The van der Waals surface area contributed by atoms with Crippen LogP contribution in [-0.2, 0) is 4.74 Å². The van der Waals surface area contributed by atoms with Gasteiger partial charge in [-0.15, -0.1) is 0 Å². The molecule has 1 aliphatic heterocycles. The Morgan fingerprint density at radius 1 is 1.45 bits per heavy atom. The fourth-order valence-corrected chi connectivity index (χ4v) is 2.06. The molecule has 0 radical (unpaired) electrons. The average molecular weight is 199 g/mol. The predicted molar refractivity (Wildman–Crippen MR) is 39.7 cm³/mol. The quantitative estimate of drug-likeness (QED) is 0.542. The standard InChI is InChI=1S/C6H8Cl2O3/c1-2-6(7,8)5(10)3(9)4(5)11-2/h2-4,9-10H,1H3/t2-,3?,4+,5+/m0/s1. The molecule has 2 N–H and O–H groups in total. The Bertz CT molecular complexity index is 205. The number of aliphatic hydroxyl groups excluding tert-OH is 1. The number of hydrogen-bond donors (Lipinski definition) is 2. The first-order valence-corrected chi connectivity index (χ1v) is 4.11. The molecule has 5 heteroatoms. The zero-order chi connectivity index (χ0) is 8.44. The minimum atomic E-state index is -1.45. The molecule has 0 spiro atoms. The van der Waals surface area contributed by atoms with Crippen LogP contribution in [0.25, 0.3) is 0 Å². The maximum Gasteiger partial charge on any atom is 0.177 e. The smallest absolute Gasteiger partial charge is 0.177 e. The summed E-state index contributed by atoms with van der Waals surface area (Å²) < 4.78 is 3.72. The van der Waals surface area contributed by atoms with Gasteiger partial charge in [0.2, 0.25) is 0 Å². The van der Waals surface area contributed by atoms with Crippen molar-refractivity contribution >= 4 is 23.2 Å². The highest BCUT2D eigenvalue weighted by molar-refractivity contribution is 6.50. The highest BCUT2D eigenvalue weighted by Crippen LogP contribution is 2.60. The van der Waals surface area contributed by atoms with Gasteiger partial charge in [0.25, 0.3) is 0 Å². The van der Waals surface area contributed by atoms with E-state index in [4.69, 9.17) is 33.0 Å². The lowest BCUT2D eigenvalue weighted by Gasteiger charge is -2.25. The lowest BCUT2D eigenvalue weighted by atomic mass is 10.1. The van der Waals surface area contributed by atoms with Crippen LogP contribution in [-0.4, -0.2) is 38.5 Å². The molecule has 1 unspecified atom stereocenters. The third kappa shape index (κ3) is 0.669. The molecule has 11 heavy (non-hydrogen) atoms. The summed E-state index contributed by atoms with van der Waals surface area (Å²) in [5, 5.41) is 18.7. The van der Waals surface area contributed by atoms with Crippen LogP contribution in [0.4, 0.5) is 0 Å². The van der Waals surface area contributed by atoms with Gasteiger partial charge in [-0.3, -0.25) is 0 Å². The summed E-state index contributed by atoms with van der Waals surface area (Å²) in [5.74, 6) is 0. The highest BCUT2D eigenvalue weighted by atomic mass is 35.5. The Morgan fingerprint density at radius 2 is 2.00 bits per heavy atom. The molecule has 1 aliphatic carbocycles. The third-order valence-electron chi connectivity index (χ3n) is 2.46. The van der Waals surface area contributed by atoms with Gasteiger partial charge < -0.3 is 14.9 Å². The summed E-state index contributed by atoms with van der Waals surface area (Å²) in [6, 6.07) is 0.